The highest BCUT2D eigenvalue weighted by atomic mass is 16.2. The highest BCUT2D eigenvalue weighted by molar-refractivity contribution is 5.85. The average molecular weight is 194 g/mol. The second-order valence-corrected chi connectivity index (χ2v) is 4.07. The number of nitriles is 1. The fourth-order valence-corrected chi connectivity index (χ4v) is 2.04. The van der Waals surface area contributed by atoms with Gasteiger partial charge in [-0.1, -0.05) is 19.3 Å². The number of hydrogen-bond donors (Lipinski definition) is 0. The van der Waals surface area contributed by atoms with Gasteiger partial charge < -0.3 is 4.90 Å². The minimum Gasteiger partial charge on any atom is -0.345 e. The molecule has 78 valence electrons. The Bertz CT molecular complexity index is 249. The maximum atomic E-state index is 12.0. The molecule has 0 aromatic rings. The Morgan fingerprint density at radius 1 is 1.43 bits per heavy atom. The summed E-state index contributed by atoms with van der Waals surface area (Å²) < 4.78 is 0. The molecule has 1 fully saturated rings. The Hall–Kier alpha value is -1.04. The highest BCUT2D eigenvalue weighted by Crippen LogP contribution is 2.37. The van der Waals surface area contributed by atoms with Crippen LogP contribution in [0.5, 0.6) is 0 Å². The zero-order valence-corrected chi connectivity index (χ0v) is 9.05. The number of rotatable bonds is 2. The molecule has 1 aliphatic carbocycles. The molecular weight excluding hydrogens is 176 g/mol. The summed E-state index contributed by atoms with van der Waals surface area (Å²) in [7, 11) is 1.77. The number of hydrogen-bond acceptors (Lipinski definition) is 2. The van der Waals surface area contributed by atoms with Gasteiger partial charge in [0.2, 0.25) is 5.91 Å². The third kappa shape index (κ3) is 1.89. The monoisotopic (exact) mass is 194 g/mol. The minimum atomic E-state index is -0.705. The van der Waals surface area contributed by atoms with E-state index in [9.17, 15) is 4.79 Å². The minimum absolute atomic E-state index is 0.0159. The summed E-state index contributed by atoms with van der Waals surface area (Å²) in [6.07, 6.45) is 4.67. The van der Waals surface area contributed by atoms with Crippen molar-refractivity contribution in [1.82, 2.24) is 4.90 Å². The maximum Gasteiger partial charge on any atom is 0.242 e. The Kier molecular flexibility index (Phi) is 3.51. The molecular formula is C11H18N2O. The van der Waals surface area contributed by atoms with Gasteiger partial charge in [-0.15, -0.1) is 0 Å². The summed E-state index contributed by atoms with van der Waals surface area (Å²) in [5.41, 5.74) is -0.705. The summed E-state index contributed by atoms with van der Waals surface area (Å²) in [6, 6.07) is 2.24. The largest absolute Gasteiger partial charge is 0.345 e. The maximum absolute atomic E-state index is 12.0. The summed E-state index contributed by atoms with van der Waals surface area (Å²) in [5.74, 6) is 0.0159. The Labute approximate surface area is 85.7 Å². The average Bonchev–Trinajstić information content (AvgIpc) is 2.28. The van der Waals surface area contributed by atoms with Gasteiger partial charge in [-0.25, -0.2) is 0 Å². The molecule has 0 N–H and O–H groups in total. The van der Waals surface area contributed by atoms with Crippen LogP contribution in [0.25, 0.3) is 0 Å². The molecule has 0 radical (unpaired) electrons. The molecule has 1 saturated carbocycles. The molecule has 0 aromatic heterocycles. The molecule has 0 aromatic carbocycles. The van der Waals surface area contributed by atoms with Crippen molar-refractivity contribution in [3.63, 3.8) is 0 Å². The van der Waals surface area contributed by atoms with E-state index in [1.807, 2.05) is 6.92 Å². The smallest absolute Gasteiger partial charge is 0.242 e. The third-order valence-electron chi connectivity index (χ3n) is 3.15. The van der Waals surface area contributed by atoms with E-state index in [1.54, 1.807) is 11.9 Å². The van der Waals surface area contributed by atoms with Crippen molar-refractivity contribution in [2.45, 2.75) is 39.0 Å². The van der Waals surface area contributed by atoms with E-state index < -0.39 is 5.41 Å². The van der Waals surface area contributed by atoms with E-state index in [4.69, 9.17) is 5.26 Å². The van der Waals surface area contributed by atoms with Crippen LogP contribution < -0.4 is 0 Å². The lowest BCUT2D eigenvalue weighted by molar-refractivity contribution is -0.139. The van der Waals surface area contributed by atoms with Crippen molar-refractivity contribution in [2.24, 2.45) is 5.41 Å². The fraction of sp³-hybridized carbons (Fsp3) is 0.818. The molecule has 0 atom stereocenters. The van der Waals surface area contributed by atoms with Crippen LogP contribution in [0.1, 0.15) is 39.0 Å². The van der Waals surface area contributed by atoms with E-state index in [1.165, 1.54) is 0 Å². The highest BCUT2D eigenvalue weighted by Gasteiger charge is 2.41. The van der Waals surface area contributed by atoms with Crippen LogP contribution in [0, 0.1) is 16.7 Å². The first-order valence-corrected chi connectivity index (χ1v) is 5.33. The predicted molar refractivity (Wildman–Crippen MR) is 54.4 cm³/mol. The number of carbonyl (C=O) groups excluding carboxylic acids is 1. The van der Waals surface area contributed by atoms with Crippen LogP contribution >= 0.6 is 0 Å². The lowest BCUT2D eigenvalue weighted by atomic mass is 9.74. The van der Waals surface area contributed by atoms with Gasteiger partial charge in [0.25, 0.3) is 0 Å². The van der Waals surface area contributed by atoms with Gasteiger partial charge in [0.05, 0.1) is 6.07 Å². The van der Waals surface area contributed by atoms with Gasteiger partial charge in [-0.05, 0) is 19.8 Å². The zero-order valence-electron chi connectivity index (χ0n) is 9.05. The van der Waals surface area contributed by atoms with E-state index >= 15 is 0 Å². The molecule has 0 bridgehead atoms. The summed E-state index contributed by atoms with van der Waals surface area (Å²) >= 11 is 0. The normalized spacial score (nSPS) is 19.8. The molecule has 0 unspecified atom stereocenters. The molecule has 0 aliphatic heterocycles. The standard InChI is InChI=1S/C11H18N2O/c1-3-13(2)10(14)11(9-12)7-5-4-6-8-11/h3-8H2,1-2H3. The molecule has 3 heteroatoms. The fourth-order valence-electron chi connectivity index (χ4n) is 2.04. The van der Waals surface area contributed by atoms with Gasteiger partial charge in [0.15, 0.2) is 0 Å². The van der Waals surface area contributed by atoms with Crippen molar-refractivity contribution in [1.29, 1.82) is 5.26 Å². The lowest BCUT2D eigenvalue weighted by Gasteiger charge is -2.32. The third-order valence-corrected chi connectivity index (χ3v) is 3.15. The van der Waals surface area contributed by atoms with Gasteiger partial charge in [0, 0.05) is 13.6 Å². The van der Waals surface area contributed by atoms with E-state index in [-0.39, 0.29) is 5.91 Å². The van der Waals surface area contributed by atoms with Crippen molar-refractivity contribution >= 4 is 5.91 Å². The van der Waals surface area contributed by atoms with Crippen LogP contribution in [-0.4, -0.2) is 24.4 Å². The molecule has 0 heterocycles. The lowest BCUT2D eigenvalue weighted by Crippen LogP contribution is -2.42. The molecule has 0 spiro atoms. The Morgan fingerprint density at radius 2 is 2.00 bits per heavy atom. The first kappa shape index (κ1) is 11.0. The second kappa shape index (κ2) is 4.45. The number of carbonyl (C=O) groups is 1. The first-order valence-electron chi connectivity index (χ1n) is 5.33. The van der Waals surface area contributed by atoms with Crippen LogP contribution in [0.4, 0.5) is 0 Å². The van der Waals surface area contributed by atoms with E-state index in [0.29, 0.717) is 6.54 Å². The quantitative estimate of drug-likeness (QED) is 0.674. The second-order valence-electron chi connectivity index (χ2n) is 4.07. The molecule has 1 rings (SSSR count). The molecule has 0 saturated heterocycles. The van der Waals surface area contributed by atoms with Crippen LogP contribution in [0.3, 0.4) is 0 Å². The summed E-state index contributed by atoms with van der Waals surface area (Å²) in [4.78, 5) is 13.6. The number of nitrogens with zero attached hydrogens (tertiary/aromatic N) is 2. The SMILES string of the molecule is CCN(C)C(=O)C1(C#N)CCCCC1. The predicted octanol–water partition coefficient (Wildman–Crippen LogP) is 1.94. The van der Waals surface area contributed by atoms with Gasteiger partial charge in [0.1, 0.15) is 5.41 Å². The van der Waals surface area contributed by atoms with Gasteiger partial charge in [-0.3, -0.25) is 4.79 Å². The van der Waals surface area contributed by atoms with Gasteiger partial charge >= 0.3 is 0 Å². The zero-order chi connectivity index (χ0) is 10.6. The van der Waals surface area contributed by atoms with Crippen molar-refractivity contribution in [3.05, 3.63) is 0 Å². The van der Waals surface area contributed by atoms with E-state index in [0.717, 1.165) is 32.1 Å². The molecule has 3 nitrogen and oxygen atoms in total. The van der Waals surface area contributed by atoms with Gasteiger partial charge in [-0.2, -0.15) is 5.26 Å². The van der Waals surface area contributed by atoms with Crippen LogP contribution in [-0.2, 0) is 4.79 Å². The Balaban J connectivity index is 2.79. The summed E-state index contributed by atoms with van der Waals surface area (Å²) in [5, 5.41) is 9.16. The molecule has 1 aliphatic rings. The summed E-state index contributed by atoms with van der Waals surface area (Å²) in [6.45, 7) is 2.62. The van der Waals surface area contributed by atoms with E-state index in [2.05, 4.69) is 6.07 Å². The molecule has 1 amide bonds. The van der Waals surface area contributed by atoms with Crippen molar-refractivity contribution in [2.75, 3.05) is 13.6 Å². The number of amides is 1. The van der Waals surface area contributed by atoms with Crippen molar-refractivity contribution in [3.8, 4) is 6.07 Å². The molecule has 14 heavy (non-hydrogen) atoms. The van der Waals surface area contributed by atoms with Crippen LogP contribution in [0.2, 0.25) is 0 Å². The van der Waals surface area contributed by atoms with Crippen LogP contribution in [0.15, 0.2) is 0 Å². The topological polar surface area (TPSA) is 44.1 Å². The Morgan fingerprint density at radius 3 is 2.43 bits per heavy atom. The van der Waals surface area contributed by atoms with Crippen molar-refractivity contribution < 1.29 is 4.79 Å². The first-order chi connectivity index (χ1) is 6.66.